The third-order valence-corrected chi connectivity index (χ3v) is 3.31. The van der Waals surface area contributed by atoms with Gasteiger partial charge in [-0.05, 0) is 31.4 Å². The monoisotopic (exact) mass is 235 g/mol. The van der Waals surface area contributed by atoms with E-state index >= 15 is 0 Å². The number of carbonyl (C=O) groups excluding carboxylic acids is 1. The highest BCUT2D eigenvalue weighted by Gasteiger charge is 2.38. The van der Waals surface area contributed by atoms with Crippen LogP contribution in [0, 0.1) is 0 Å². The molecule has 4 heteroatoms. The molecule has 1 saturated carbocycles. The molecule has 0 atom stereocenters. The molecule has 0 heterocycles. The Morgan fingerprint density at radius 1 is 1.53 bits per heavy atom. The Labute approximate surface area is 101 Å². The summed E-state index contributed by atoms with van der Waals surface area (Å²) in [5.74, 6) is 0.0741. The maximum absolute atomic E-state index is 11.8. The number of amides is 1. The Morgan fingerprint density at radius 2 is 2.29 bits per heavy atom. The molecule has 0 spiro atoms. The number of carbonyl (C=O) groups is 1. The van der Waals surface area contributed by atoms with E-state index in [2.05, 4.69) is 5.32 Å². The van der Waals surface area contributed by atoms with Gasteiger partial charge < -0.3 is 15.2 Å². The van der Waals surface area contributed by atoms with E-state index in [1.807, 2.05) is 0 Å². The summed E-state index contributed by atoms with van der Waals surface area (Å²) >= 11 is 0. The van der Waals surface area contributed by atoms with Gasteiger partial charge in [0.25, 0.3) is 0 Å². The fourth-order valence-corrected chi connectivity index (χ4v) is 2.11. The molecule has 2 rings (SSSR count). The molecule has 0 unspecified atom stereocenters. The summed E-state index contributed by atoms with van der Waals surface area (Å²) in [6.45, 7) is 0. The second kappa shape index (κ2) is 4.75. The molecular formula is C13H17NO3. The number of phenolic OH excluding ortho intramolecular Hbond substituents is 1. The van der Waals surface area contributed by atoms with Crippen LogP contribution < -0.4 is 5.32 Å². The van der Waals surface area contributed by atoms with Crippen LogP contribution in [0.15, 0.2) is 24.3 Å². The van der Waals surface area contributed by atoms with Crippen molar-refractivity contribution >= 4 is 11.6 Å². The highest BCUT2D eigenvalue weighted by molar-refractivity contribution is 5.91. The van der Waals surface area contributed by atoms with E-state index in [9.17, 15) is 9.90 Å². The normalized spacial score (nSPS) is 17.2. The smallest absolute Gasteiger partial charge is 0.227 e. The molecule has 1 fully saturated rings. The Bertz CT molecular complexity index is 407. The minimum atomic E-state index is -0.263. The highest BCUT2D eigenvalue weighted by atomic mass is 16.5. The number of hydrogen-bond acceptors (Lipinski definition) is 3. The lowest BCUT2D eigenvalue weighted by molar-refractivity contribution is -0.129. The summed E-state index contributed by atoms with van der Waals surface area (Å²) < 4.78 is 5.40. The van der Waals surface area contributed by atoms with Crippen LogP contribution in [0.25, 0.3) is 0 Å². The van der Waals surface area contributed by atoms with Crippen molar-refractivity contribution in [1.82, 2.24) is 0 Å². The quantitative estimate of drug-likeness (QED) is 0.841. The average molecular weight is 235 g/mol. The van der Waals surface area contributed by atoms with Crippen LogP contribution in [0.1, 0.15) is 25.7 Å². The molecule has 17 heavy (non-hydrogen) atoms. The molecule has 0 radical (unpaired) electrons. The summed E-state index contributed by atoms with van der Waals surface area (Å²) in [7, 11) is 1.65. The van der Waals surface area contributed by atoms with Crippen molar-refractivity contribution in [3.05, 3.63) is 24.3 Å². The van der Waals surface area contributed by atoms with Gasteiger partial charge in [-0.3, -0.25) is 4.79 Å². The average Bonchev–Trinajstić information content (AvgIpc) is 2.23. The van der Waals surface area contributed by atoms with Crippen molar-refractivity contribution in [2.45, 2.75) is 31.3 Å². The van der Waals surface area contributed by atoms with Crippen LogP contribution >= 0.6 is 0 Å². The number of hydrogen-bond donors (Lipinski definition) is 2. The summed E-state index contributed by atoms with van der Waals surface area (Å²) in [5, 5.41) is 12.0. The lowest BCUT2D eigenvalue weighted by Crippen LogP contribution is -2.42. The lowest BCUT2D eigenvalue weighted by atomic mass is 9.77. The van der Waals surface area contributed by atoms with Crippen molar-refractivity contribution in [2.24, 2.45) is 0 Å². The van der Waals surface area contributed by atoms with Crippen molar-refractivity contribution in [3.8, 4) is 5.75 Å². The molecule has 1 aromatic rings. The predicted octanol–water partition coefficient (Wildman–Crippen LogP) is 2.29. The molecule has 0 aromatic heterocycles. The van der Waals surface area contributed by atoms with Crippen LogP contribution in [0.5, 0.6) is 5.75 Å². The molecule has 2 N–H and O–H groups in total. The molecule has 1 aromatic carbocycles. The summed E-state index contributed by atoms with van der Waals surface area (Å²) in [4.78, 5) is 11.8. The molecule has 0 saturated heterocycles. The molecule has 1 amide bonds. The van der Waals surface area contributed by atoms with Gasteiger partial charge in [-0.2, -0.15) is 0 Å². The first-order chi connectivity index (χ1) is 8.13. The fraction of sp³-hybridized carbons (Fsp3) is 0.462. The SMILES string of the molecule is COC1(CC(=O)Nc2cccc(O)c2)CCC1. The second-order valence-electron chi connectivity index (χ2n) is 4.52. The van der Waals surface area contributed by atoms with Gasteiger partial charge in [0.1, 0.15) is 5.75 Å². The first kappa shape index (κ1) is 11.9. The van der Waals surface area contributed by atoms with E-state index in [1.54, 1.807) is 25.3 Å². The second-order valence-corrected chi connectivity index (χ2v) is 4.52. The number of methoxy groups -OCH3 is 1. The maximum Gasteiger partial charge on any atom is 0.227 e. The molecule has 1 aliphatic rings. The van der Waals surface area contributed by atoms with Crippen LogP contribution in [0.3, 0.4) is 0 Å². The van der Waals surface area contributed by atoms with E-state index in [4.69, 9.17) is 4.74 Å². The Balaban J connectivity index is 1.93. The van der Waals surface area contributed by atoms with Crippen molar-refractivity contribution in [1.29, 1.82) is 0 Å². The molecule has 92 valence electrons. The predicted molar refractivity (Wildman–Crippen MR) is 64.9 cm³/mol. The van der Waals surface area contributed by atoms with E-state index in [-0.39, 0.29) is 17.3 Å². The molecule has 1 aliphatic carbocycles. The minimum Gasteiger partial charge on any atom is -0.508 e. The summed E-state index contributed by atoms with van der Waals surface area (Å²) in [6.07, 6.45) is 3.38. The van der Waals surface area contributed by atoms with Crippen LogP contribution in [0.4, 0.5) is 5.69 Å². The zero-order chi connectivity index (χ0) is 12.3. The van der Waals surface area contributed by atoms with Crippen molar-refractivity contribution in [2.75, 3.05) is 12.4 Å². The van der Waals surface area contributed by atoms with Gasteiger partial charge in [0, 0.05) is 18.9 Å². The zero-order valence-electron chi connectivity index (χ0n) is 9.90. The number of ether oxygens (including phenoxy) is 1. The van der Waals surface area contributed by atoms with Crippen molar-refractivity contribution < 1.29 is 14.6 Å². The molecular weight excluding hydrogens is 218 g/mol. The van der Waals surface area contributed by atoms with Gasteiger partial charge in [0.2, 0.25) is 5.91 Å². The standard InChI is InChI=1S/C13H17NO3/c1-17-13(6-3-7-13)9-12(16)14-10-4-2-5-11(15)8-10/h2,4-5,8,15H,3,6-7,9H2,1H3,(H,14,16). The minimum absolute atomic E-state index is 0.0721. The van der Waals surface area contributed by atoms with Gasteiger partial charge in [-0.1, -0.05) is 6.07 Å². The van der Waals surface area contributed by atoms with Gasteiger partial charge in [-0.15, -0.1) is 0 Å². The van der Waals surface area contributed by atoms with E-state index in [0.29, 0.717) is 12.1 Å². The largest absolute Gasteiger partial charge is 0.508 e. The number of rotatable bonds is 4. The summed E-state index contributed by atoms with van der Waals surface area (Å²) in [5.41, 5.74) is 0.349. The van der Waals surface area contributed by atoms with E-state index < -0.39 is 0 Å². The number of benzene rings is 1. The molecule has 0 aliphatic heterocycles. The molecule has 4 nitrogen and oxygen atoms in total. The first-order valence-electron chi connectivity index (χ1n) is 5.78. The first-order valence-corrected chi connectivity index (χ1v) is 5.78. The third kappa shape index (κ3) is 2.77. The zero-order valence-corrected chi connectivity index (χ0v) is 9.90. The van der Waals surface area contributed by atoms with Crippen molar-refractivity contribution in [3.63, 3.8) is 0 Å². The highest BCUT2D eigenvalue weighted by Crippen LogP contribution is 2.38. The van der Waals surface area contributed by atoms with E-state index in [0.717, 1.165) is 19.3 Å². The third-order valence-electron chi connectivity index (χ3n) is 3.31. The Hall–Kier alpha value is -1.55. The van der Waals surface area contributed by atoms with Gasteiger partial charge in [0.05, 0.1) is 12.0 Å². The van der Waals surface area contributed by atoms with Crippen LogP contribution in [0.2, 0.25) is 0 Å². The Morgan fingerprint density at radius 3 is 2.82 bits per heavy atom. The number of phenols is 1. The molecule has 0 bridgehead atoms. The summed E-state index contributed by atoms with van der Waals surface area (Å²) in [6, 6.07) is 6.54. The van der Waals surface area contributed by atoms with Crippen LogP contribution in [-0.2, 0) is 9.53 Å². The van der Waals surface area contributed by atoms with E-state index in [1.165, 1.54) is 6.07 Å². The number of nitrogens with one attached hydrogen (secondary N) is 1. The number of aromatic hydroxyl groups is 1. The van der Waals surface area contributed by atoms with Gasteiger partial charge in [0.15, 0.2) is 0 Å². The van der Waals surface area contributed by atoms with Crippen LogP contribution in [-0.4, -0.2) is 23.7 Å². The van der Waals surface area contributed by atoms with Gasteiger partial charge >= 0.3 is 0 Å². The maximum atomic E-state index is 11.8. The Kier molecular flexibility index (Phi) is 3.33. The van der Waals surface area contributed by atoms with Gasteiger partial charge in [-0.25, -0.2) is 0 Å². The lowest BCUT2D eigenvalue weighted by Gasteiger charge is -2.39. The fourth-order valence-electron chi connectivity index (χ4n) is 2.11. The number of anilines is 1. The topological polar surface area (TPSA) is 58.6 Å².